The van der Waals surface area contributed by atoms with Gasteiger partial charge in [0.05, 0.1) is 33.1 Å². The molecule has 0 N–H and O–H groups in total. The number of hydrogen-bond donors (Lipinski definition) is 0. The molecule has 15 rings (SSSR count). The SMILES string of the molecule is c1ccc(-n2c3ccccc3c3cc(-c4ccc5c(c4)c4cc(-c6cccc7oc8ccc(-c9ccc%10c%11ccccc%11n(-c%11ccccc%11)c%10c9)cc8c67)ccc4n5-c4ccccc4)ccc32)cc1. The summed E-state index contributed by atoms with van der Waals surface area (Å²) in [5.74, 6) is 0. The molecule has 0 atom stereocenters. The minimum absolute atomic E-state index is 0.876. The first-order valence-electron chi connectivity index (χ1n) is 24.0. The van der Waals surface area contributed by atoms with Crippen LogP contribution < -0.4 is 0 Å². The van der Waals surface area contributed by atoms with Crippen LogP contribution in [0.3, 0.4) is 0 Å². The van der Waals surface area contributed by atoms with E-state index in [0.717, 1.165) is 61.3 Å². The predicted octanol–water partition coefficient (Wildman–Crippen LogP) is 17.9. The van der Waals surface area contributed by atoms with Crippen LogP contribution >= 0.6 is 0 Å². The zero-order chi connectivity index (χ0) is 45.9. The maximum Gasteiger partial charge on any atom is 0.136 e. The molecule has 0 unspecified atom stereocenters. The van der Waals surface area contributed by atoms with Gasteiger partial charge in [-0.2, -0.15) is 0 Å². The summed E-state index contributed by atoms with van der Waals surface area (Å²) >= 11 is 0. The van der Waals surface area contributed by atoms with Crippen molar-refractivity contribution < 1.29 is 4.42 Å². The lowest BCUT2D eigenvalue weighted by Crippen LogP contribution is -1.93. The topological polar surface area (TPSA) is 27.9 Å². The molecule has 70 heavy (non-hydrogen) atoms. The van der Waals surface area contributed by atoms with Crippen molar-refractivity contribution in [2.75, 3.05) is 0 Å². The Bertz CT molecular complexity index is 4570. The van der Waals surface area contributed by atoms with Gasteiger partial charge in [0, 0.05) is 60.2 Å². The minimum atomic E-state index is 0.876. The van der Waals surface area contributed by atoms with Crippen LogP contribution in [-0.4, -0.2) is 13.7 Å². The number of furan rings is 1. The number of para-hydroxylation sites is 5. The summed E-state index contributed by atoms with van der Waals surface area (Å²) in [7, 11) is 0. The van der Waals surface area contributed by atoms with Crippen LogP contribution in [-0.2, 0) is 0 Å². The molecule has 0 saturated heterocycles. The van der Waals surface area contributed by atoms with Crippen LogP contribution in [0.15, 0.2) is 253 Å². The number of nitrogens with zero attached hydrogens (tertiary/aromatic N) is 3. The summed E-state index contributed by atoms with van der Waals surface area (Å²) in [5.41, 5.74) is 19.3. The summed E-state index contributed by atoms with van der Waals surface area (Å²) in [6, 6.07) is 90.4. The van der Waals surface area contributed by atoms with Crippen molar-refractivity contribution in [2.24, 2.45) is 0 Å². The van der Waals surface area contributed by atoms with Gasteiger partial charge in [0.25, 0.3) is 0 Å². The highest BCUT2D eigenvalue weighted by atomic mass is 16.3. The second-order valence-electron chi connectivity index (χ2n) is 18.5. The van der Waals surface area contributed by atoms with E-state index in [1.54, 1.807) is 0 Å². The van der Waals surface area contributed by atoms with E-state index in [-0.39, 0.29) is 0 Å². The third-order valence-electron chi connectivity index (χ3n) is 14.6. The Morgan fingerprint density at radius 3 is 1.21 bits per heavy atom. The van der Waals surface area contributed by atoms with Crippen molar-refractivity contribution >= 4 is 87.4 Å². The monoisotopic (exact) mass is 891 g/mol. The Balaban J connectivity index is 0.898. The second kappa shape index (κ2) is 15.1. The van der Waals surface area contributed by atoms with Crippen LogP contribution in [0, 0.1) is 0 Å². The average Bonchev–Trinajstić information content (AvgIpc) is 4.17. The van der Waals surface area contributed by atoms with E-state index >= 15 is 0 Å². The molecule has 0 aliphatic carbocycles. The van der Waals surface area contributed by atoms with Crippen molar-refractivity contribution in [3.05, 3.63) is 249 Å². The summed E-state index contributed by atoms with van der Waals surface area (Å²) in [5, 5.41) is 9.61. The van der Waals surface area contributed by atoms with E-state index in [0.29, 0.717) is 0 Å². The van der Waals surface area contributed by atoms with Gasteiger partial charge >= 0.3 is 0 Å². The Morgan fingerprint density at radius 1 is 0.229 bits per heavy atom. The molecule has 0 spiro atoms. The smallest absolute Gasteiger partial charge is 0.136 e. The normalized spacial score (nSPS) is 12.0. The highest BCUT2D eigenvalue weighted by molar-refractivity contribution is 6.17. The van der Waals surface area contributed by atoms with Gasteiger partial charge < -0.3 is 18.1 Å². The molecule has 326 valence electrons. The van der Waals surface area contributed by atoms with Gasteiger partial charge in [-0.25, -0.2) is 0 Å². The molecular formula is C66H41N3O. The van der Waals surface area contributed by atoms with Gasteiger partial charge in [-0.3, -0.25) is 0 Å². The van der Waals surface area contributed by atoms with Gasteiger partial charge in [-0.15, -0.1) is 0 Å². The fourth-order valence-electron chi connectivity index (χ4n) is 11.5. The van der Waals surface area contributed by atoms with Gasteiger partial charge in [0.15, 0.2) is 0 Å². The Kier molecular flexibility index (Phi) is 8.33. The lowest BCUT2D eigenvalue weighted by molar-refractivity contribution is 0.669. The van der Waals surface area contributed by atoms with Crippen molar-refractivity contribution in [1.29, 1.82) is 0 Å². The summed E-state index contributed by atoms with van der Waals surface area (Å²) in [6.45, 7) is 0. The van der Waals surface area contributed by atoms with E-state index < -0.39 is 0 Å². The zero-order valence-corrected chi connectivity index (χ0v) is 37.9. The number of rotatable bonds is 6. The molecule has 0 radical (unpaired) electrons. The van der Waals surface area contributed by atoms with Crippen LogP contribution in [0.5, 0.6) is 0 Å². The van der Waals surface area contributed by atoms with Crippen molar-refractivity contribution in [1.82, 2.24) is 13.7 Å². The third-order valence-corrected chi connectivity index (χ3v) is 14.6. The predicted molar refractivity (Wildman–Crippen MR) is 293 cm³/mol. The molecule has 11 aromatic carbocycles. The lowest BCUT2D eigenvalue weighted by Gasteiger charge is -2.09. The Morgan fingerprint density at radius 2 is 0.629 bits per heavy atom. The molecule has 15 aromatic rings. The van der Waals surface area contributed by atoms with E-state index in [9.17, 15) is 0 Å². The highest BCUT2D eigenvalue weighted by Crippen LogP contribution is 2.43. The van der Waals surface area contributed by atoms with E-state index in [2.05, 4.69) is 262 Å². The molecule has 4 aromatic heterocycles. The van der Waals surface area contributed by atoms with Gasteiger partial charge in [0.1, 0.15) is 11.2 Å². The molecule has 0 saturated carbocycles. The van der Waals surface area contributed by atoms with Crippen LogP contribution in [0.1, 0.15) is 0 Å². The molecule has 4 nitrogen and oxygen atoms in total. The zero-order valence-electron chi connectivity index (χ0n) is 37.9. The van der Waals surface area contributed by atoms with E-state index in [1.807, 2.05) is 0 Å². The van der Waals surface area contributed by atoms with Crippen LogP contribution in [0.2, 0.25) is 0 Å². The fourth-order valence-corrected chi connectivity index (χ4v) is 11.5. The number of hydrogen-bond acceptors (Lipinski definition) is 1. The van der Waals surface area contributed by atoms with E-state index in [4.69, 9.17) is 4.42 Å². The number of aromatic nitrogens is 3. The maximum atomic E-state index is 6.65. The van der Waals surface area contributed by atoms with Crippen LogP contribution in [0.4, 0.5) is 0 Å². The quantitative estimate of drug-likeness (QED) is 0.163. The third kappa shape index (κ3) is 5.77. The molecule has 0 aliphatic heterocycles. The van der Waals surface area contributed by atoms with E-state index in [1.165, 1.54) is 76.5 Å². The first-order valence-corrected chi connectivity index (χ1v) is 24.0. The fraction of sp³-hybridized carbons (Fsp3) is 0. The first-order chi connectivity index (χ1) is 34.7. The lowest BCUT2D eigenvalue weighted by atomic mass is 9.95. The highest BCUT2D eigenvalue weighted by Gasteiger charge is 2.20. The first kappa shape index (κ1) is 38.7. The molecule has 0 fully saturated rings. The van der Waals surface area contributed by atoms with Crippen LogP contribution in [0.25, 0.3) is 138 Å². The number of benzene rings is 11. The van der Waals surface area contributed by atoms with Gasteiger partial charge in [-0.05, 0) is 143 Å². The Hall–Kier alpha value is -9.38. The largest absolute Gasteiger partial charge is 0.456 e. The van der Waals surface area contributed by atoms with Crippen molar-refractivity contribution in [2.45, 2.75) is 0 Å². The molecule has 4 heteroatoms. The molecular weight excluding hydrogens is 851 g/mol. The summed E-state index contributed by atoms with van der Waals surface area (Å²) in [4.78, 5) is 0. The minimum Gasteiger partial charge on any atom is -0.456 e. The maximum absolute atomic E-state index is 6.65. The summed E-state index contributed by atoms with van der Waals surface area (Å²) in [6.07, 6.45) is 0. The molecule has 0 bridgehead atoms. The molecule has 0 aliphatic rings. The summed E-state index contributed by atoms with van der Waals surface area (Å²) < 4.78 is 13.8. The molecule has 4 heterocycles. The standard InChI is InChI=1S/C66H41N3O/c1-4-15-47(16-5-1)67-59-25-13-11-22-52(59)54-37-42(28-33-60(54)67)43-29-34-61-55(38-43)56-40-46(30-35-62(56)68(61)48-17-6-2-7-18-48)50-23-14-26-65-66(50)57-39-44(31-36-64(57)70-65)45-27-32-53-51-21-10-12-24-58(51)69(63(53)41-45)49-19-8-3-9-20-49/h1-41H. The second-order valence-corrected chi connectivity index (χ2v) is 18.5. The van der Waals surface area contributed by atoms with Crippen molar-refractivity contribution in [3.63, 3.8) is 0 Å². The van der Waals surface area contributed by atoms with Gasteiger partial charge in [0.2, 0.25) is 0 Å². The molecule has 0 amide bonds. The number of fused-ring (bicyclic) bond motifs is 12. The van der Waals surface area contributed by atoms with Crippen molar-refractivity contribution in [3.8, 4) is 50.4 Å². The Labute approximate surface area is 402 Å². The average molecular weight is 892 g/mol. The van der Waals surface area contributed by atoms with Gasteiger partial charge in [-0.1, -0.05) is 140 Å².